The quantitative estimate of drug-likeness (QED) is 0.691. The van der Waals surface area contributed by atoms with Gasteiger partial charge in [-0.1, -0.05) is 0 Å². The van der Waals surface area contributed by atoms with Gasteiger partial charge in [-0.2, -0.15) is 0 Å². The molecule has 0 saturated carbocycles. The predicted molar refractivity (Wildman–Crippen MR) is 47.1 cm³/mol. The van der Waals surface area contributed by atoms with Gasteiger partial charge < -0.3 is 5.32 Å². The minimum Gasteiger partial charge on any atom is -0.353 e. The summed E-state index contributed by atoms with van der Waals surface area (Å²) in [4.78, 5) is 15.0. The second-order valence-electron chi connectivity index (χ2n) is 2.89. The Labute approximate surface area is 71.3 Å². The highest BCUT2D eigenvalue weighted by Crippen LogP contribution is 1.97. The van der Waals surface area contributed by atoms with Crippen LogP contribution in [0.5, 0.6) is 0 Å². The van der Waals surface area contributed by atoms with E-state index in [9.17, 15) is 4.79 Å². The minimum absolute atomic E-state index is 0.173. The highest BCUT2D eigenvalue weighted by molar-refractivity contribution is 5.25. The number of rotatable bonds is 2. The van der Waals surface area contributed by atoms with Gasteiger partial charge in [-0.15, -0.1) is 0 Å². The van der Waals surface area contributed by atoms with E-state index in [0.717, 1.165) is 0 Å². The summed E-state index contributed by atoms with van der Waals surface area (Å²) in [5.41, 5.74) is -0.173. The molecule has 0 aliphatic rings. The number of hydrogen-bond donors (Lipinski definition) is 1. The average Bonchev–Trinajstić information content (AvgIpc) is 1.98. The third-order valence-corrected chi connectivity index (χ3v) is 1.41. The molecular weight excluding hydrogens is 154 g/mol. The Kier molecular flexibility index (Phi) is 2.47. The lowest BCUT2D eigenvalue weighted by Gasteiger charge is -2.11. The molecule has 4 heteroatoms. The molecule has 0 aromatic carbocycles. The van der Waals surface area contributed by atoms with E-state index >= 15 is 0 Å². The number of hydrogen-bond acceptors (Lipinski definition) is 3. The molecule has 0 bridgehead atoms. The molecule has 1 N–H and O–H groups in total. The van der Waals surface area contributed by atoms with Crippen LogP contribution in [0.2, 0.25) is 0 Å². The average molecular weight is 166 g/mol. The summed E-state index contributed by atoms with van der Waals surface area (Å²) in [5.74, 6) is 0.578. The summed E-state index contributed by atoms with van der Waals surface area (Å²) in [6.07, 6.45) is 1.38. The molecule has 1 rings (SSSR count). The second-order valence-corrected chi connectivity index (χ2v) is 2.89. The zero-order chi connectivity index (χ0) is 9.14. The second kappa shape index (κ2) is 3.38. The maximum atomic E-state index is 11.0. The third kappa shape index (κ3) is 1.84. The van der Waals surface area contributed by atoms with Gasteiger partial charge >= 0.3 is 0 Å². The largest absolute Gasteiger partial charge is 0.353 e. The molecular formula is C8H12N3O. The first-order valence-electron chi connectivity index (χ1n) is 3.81. The van der Waals surface area contributed by atoms with Crippen LogP contribution in [0.1, 0.15) is 13.8 Å². The topological polar surface area (TPSA) is 46.9 Å². The van der Waals surface area contributed by atoms with Crippen LogP contribution in [0.4, 0.5) is 5.95 Å². The van der Waals surface area contributed by atoms with Crippen molar-refractivity contribution in [3.63, 3.8) is 0 Å². The third-order valence-electron chi connectivity index (χ3n) is 1.41. The van der Waals surface area contributed by atoms with Crippen molar-refractivity contribution in [1.29, 1.82) is 0 Å². The zero-order valence-corrected chi connectivity index (χ0v) is 7.46. The molecule has 1 heterocycles. The number of aromatic nitrogens is 2. The Bertz CT molecular complexity index is 316. The van der Waals surface area contributed by atoms with Crippen LogP contribution < -0.4 is 10.9 Å². The van der Waals surface area contributed by atoms with Crippen molar-refractivity contribution >= 4 is 5.95 Å². The van der Waals surface area contributed by atoms with Gasteiger partial charge in [-0.05, 0) is 13.8 Å². The fourth-order valence-electron chi connectivity index (χ4n) is 0.821. The monoisotopic (exact) mass is 166 g/mol. The van der Waals surface area contributed by atoms with E-state index in [4.69, 9.17) is 0 Å². The highest BCUT2D eigenvalue weighted by atomic mass is 16.1. The Morgan fingerprint density at radius 2 is 2.33 bits per heavy atom. The molecule has 0 aliphatic heterocycles. The number of nitrogens with zero attached hydrogens (tertiary/aromatic N) is 2. The molecule has 0 aliphatic carbocycles. The molecule has 4 nitrogen and oxygen atoms in total. The van der Waals surface area contributed by atoms with Crippen LogP contribution in [-0.2, 0) is 7.05 Å². The standard InChI is InChI=1S/C8H12N3O/c1-6(2)10-8-9-5-4-7(12)11(8)3/h5-6H,1-3H3,(H,9,10). The molecule has 1 aromatic heterocycles. The molecule has 65 valence electrons. The lowest BCUT2D eigenvalue weighted by atomic mass is 10.4. The summed E-state index contributed by atoms with van der Waals surface area (Å²) in [6, 6.07) is 2.74. The van der Waals surface area contributed by atoms with Crippen molar-refractivity contribution in [3.05, 3.63) is 22.6 Å². The van der Waals surface area contributed by atoms with Gasteiger partial charge in [0.2, 0.25) is 5.95 Å². The van der Waals surface area contributed by atoms with Crippen molar-refractivity contribution < 1.29 is 0 Å². The zero-order valence-electron chi connectivity index (χ0n) is 7.46. The van der Waals surface area contributed by atoms with Crippen LogP contribution >= 0.6 is 0 Å². The first kappa shape index (κ1) is 8.77. The summed E-state index contributed by atoms with van der Waals surface area (Å²) in [7, 11) is 1.66. The van der Waals surface area contributed by atoms with Crippen LogP contribution in [0.15, 0.2) is 11.0 Å². The fraction of sp³-hybridized carbons (Fsp3) is 0.500. The maximum Gasteiger partial charge on any atom is 0.262 e. The Morgan fingerprint density at radius 3 is 2.92 bits per heavy atom. The molecule has 0 saturated heterocycles. The summed E-state index contributed by atoms with van der Waals surface area (Å²) < 4.78 is 1.43. The summed E-state index contributed by atoms with van der Waals surface area (Å²) in [5, 5.41) is 3.05. The van der Waals surface area contributed by atoms with E-state index in [1.165, 1.54) is 10.8 Å². The SMILES string of the molecule is CC(C)Nc1nc[c]c(=O)n1C. The molecule has 0 spiro atoms. The smallest absolute Gasteiger partial charge is 0.262 e. The Balaban J connectivity index is 3.00. The van der Waals surface area contributed by atoms with Crippen molar-refractivity contribution in [2.75, 3.05) is 5.32 Å². The van der Waals surface area contributed by atoms with E-state index in [2.05, 4.69) is 16.4 Å². The summed E-state index contributed by atoms with van der Waals surface area (Å²) >= 11 is 0. The van der Waals surface area contributed by atoms with Crippen molar-refractivity contribution in [2.24, 2.45) is 7.05 Å². The van der Waals surface area contributed by atoms with Crippen LogP contribution in [0, 0.1) is 6.07 Å². The summed E-state index contributed by atoms with van der Waals surface area (Å²) in [6.45, 7) is 3.98. The molecule has 0 amide bonds. The fourth-order valence-corrected chi connectivity index (χ4v) is 0.821. The van der Waals surface area contributed by atoms with Crippen LogP contribution in [0.25, 0.3) is 0 Å². The normalized spacial score (nSPS) is 10.3. The minimum atomic E-state index is -0.173. The molecule has 0 atom stereocenters. The molecule has 12 heavy (non-hydrogen) atoms. The maximum absolute atomic E-state index is 11.0. The van der Waals surface area contributed by atoms with E-state index in [1.54, 1.807) is 7.05 Å². The van der Waals surface area contributed by atoms with Crippen molar-refractivity contribution in [1.82, 2.24) is 9.55 Å². The van der Waals surface area contributed by atoms with E-state index in [1.807, 2.05) is 13.8 Å². The molecule has 1 aromatic rings. The van der Waals surface area contributed by atoms with E-state index in [0.29, 0.717) is 5.95 Å². The van der Waals surface area contributed by atoms with Gasteiger partial charge in [-0.3, -0.25) is 9.36 Å². The van der Waals surface area contributed by atoms with Crippen molar-refractivity contribution in [2.45, 2.75) is 19.9 Å². The first-order valence-corrected chi connectivity index (χ1v) is 3.81. The van der Waals surface area contributed by atoms with Crippen molar-refractivity contribution in [3.8, 4) is 0 Å². The van der Waals surface area contributed by atoms with Gasteiger partial charge in [-0.25, -0.2) is 4.98 Å². The Hall–Kier alpha value is -1.32. The number of anilines is 1. The molecule has 0 fully saturated rings. The van der Waals surface area contributed by atoms with E-state index in [-0.39, 0.29) is 11.6 Å². The van der Waals surface area contributed by atoms with Crippen LogP contribution in [-0.4, -0.2) is 15.6 Å². The molecule has 1 radical (unpaired) electrons. The van der Waals surface area contributed by atoms with Gasteiger partial charge in [0, 0.05) is 19.3 Å². The first-order chi connectivity index (χ1) is 5.61. The van der Waals surface area contributed by atoms with E-state index < -0.39 is 0 Å². The van der Waals surface area contributed by atoms with Gasteiger partial charge in [0.1, 0.15) is 0 Å². The Morgan fingerprint density at radius 1 is 1.67 bits per heavy atom. The number of nitrogens with one attached hydrogen (secondary N) is 1. The van der Waals surface area contributed by atoms with Gasteiger partial charge in [0.25, 0.3) is 5.56 Å². The van der Waals surface area contributed by atoms with Gasteiger partial charge in [0.15, 0.2) is 0 Å². The van der Waals surface area contributed by atoms with Crippen LogP contribution in [0.3, 0.4) is 0 Å². The lowest BCUT2D eigenvalue weighted by molar-refractivity contribution is 0.784. The predicted octanol–water partition coefficient (Wildman–Crippen LogP) is 0.401. The lowest BCUT2D eigenvalue weighted by Crippen LogP contribution is -2.23. The highest BCUT2D eigenvalue weighted by Gasteiger charge is 2.00. The molecule has 0 unspecified atom stereocenters. The van der Waals surface area contributed by atoms with Gasteiger partial charge in [0.05, 0.1) is 6.07 Å².